The summed E-state index contributed by atoms with van der Waals surface area (Å²) in [5.74, 6) is -1.21. The Bertz CT molecular complexity index is 765. The molecule has 0 heterocycles. The zero-order valence-corrected chi connectivity index (χ0v) is 14.7. The minimum absolute atomic E-state index is 0.0495. The molecule has 1 aromatic rings. The number of ether oxygens (including phenoxy) is 3. The molecule has 1 aromatic carbocycles. The molecule has 7 nitrogen and oxygen atoms in total. The third-order valence-electron chi connectivity index (χ3n) is 6.38. The van der Waals surface area contributed by atoms with E-state index in [1.54, 1.807) is 0 Å². The molecule has 26 heavy (non-hydrogen) atoms. The fourth-order valence-corrected chi connectivity index (χ4v) is 5.44. The lowest BCUT2D eigenvalue weighted by Crippen LogP contribution is -2.58. The average Bonchev–Trinajstić information content (AvgIpc) is 2.95. The Labute approximate surface area is 151 Å². The smallest absolute Gasteiger partial charge is 0.408 e. The summed E-state index contributed by atoms with van der Waals surface area (Å²) in [7, 11) is 2.64. The summed E-state index contributed by atoms with van der Waals surface area (Å²) in [5, 5.41) is 2.76. The second kappa shape index (κ2) is 5.72. The Morgan fingerprint density at radius 1 is 1.12 bits per heavy atom. The highest BCUT2D eigenvalue weighted by molar-refractivity contribution is 5.94. The second-order valence-corrected chi connectivity index (χ2v) is 7.30. The standard InChI is InChI=1S/C19H21NO6/c1-24-15(21)18-9-12-8-13(18)14(18)19(12,16(22)25-2)20-17(23)26-10-11-6-4-3-5-7-11/h3-7,12-14H,8-10H2,1-2H3,(H,20,23)/t12-,13-,14+,18+,19+/m0/s1. The number of esters is 2. The van der Waals surface area contributed by atoms with Crippen molar-refractivity contribution in [3.8, 4) is 0 Å². The first kappa shape index (κ1) is 16.9. The van der Waals surface area contributed by atoms with Crippen LogP contribution in [0.4, 0.5) is 4.79 Å². The van der Waals surface area contributed by atoms with Crippen LogP contribution in [0.1, 0.15) is 18.4 Å². The van der Waals surface area contributed by atoms with Crippen LogP contribution >= 0.6 is 0 Å². The van der Waals surface area contributed by atoms with E-state index in [1.807, 2.05) is 30.3 Å². The monoisotopic (exact) mass is 359 g/mol. The van der Waals surface area contributed by atoms with Gasteiger partial charge in [0.1, 0.15) is 12.1 Å². The highest BCUT2D eigenvalue weighted by Crippen LogP contribution is 2.82. The van der Waals surface area contributed by atoms with E-state index in [-0.39, 0.29) is 30.3 Å². The minimum atomic E-state index is -1.21. The van der Waals surface area contributed by atoms with E-state index in [4.69, 9.17) is 14.2 Å². The van der Waals surface area contributed by atoms with Crippen molar-refractivity contribution < 1.29 is 28.6 Å². The molecule has 138 valence electrons. The molecule has 4 aliphatic rings. The number of hydrogen-bond acceptors (Lipinski definition) is 6. The molecule has 1 amide bonds. The molecule has 1 N–H and O–H groups in total. The van der Waals surface area contributed by atoms with Gasteiger partial charge in [-0.2, -0.15) is 0 Å². The topological polar surface area (TPSA) is 90.9 Å². The number of alkyl carbamates (subject to hydrolysis) is 1. The molecule has 0 radical (unpaired) electrons. The summed E-state index contributed by atoms with van der Waals surface area (Å²) < 4.78 is 15.2. The van der Waals surface area contributed by atoms with Crippen LogP contribution in [0.25, 0.3) is 0 Å². The maximum Gasteiger partial charge on any atom is 0.408 e. The minimum Gasteiger partial charge on any atom is -0.469 e. The Morgan fingerprint density at radius 2 is 1.81 bits per heavy atom. The van der Waals surface area contributed by atoms with Gasteiger partial charge in [0.2, 0.25) is 0 Å². The van der Waals surface area contributed by atoms with Crippen LogP contribution < -0.4 is 5.32 Å². The van der Waals surface area contributed by atoms with Gasteiger partial charge in [-0.1, -0.05) is 30.3 Å². The summed E-state index contributed by atoms with van der Waals surface area (Å²) in [4.78, 5) is 37.3. The van der Waals surface area contributed by atoms with Crippen molar-refractivity contribution in [3.63, 3.8) is 0 Å². The number of hydrogen-bond donors (Lipinski definition) is 1. The van der Waals surface area contributed by atoms with E-state index in [1.165, 1.54) is 14.2 Å². The summed E-state index contributed by atoms with van der Waals surface area (Å²) in [6.07, 6.45) is 0.550. The van der Waals surface area contributed by atoms with Gasteiger partial charge in [0.25, 0.3) is 0 Å². The Balaban J connectivity index is 1.52. The predicted molar refractivity (Wildman–Crippen MR) is 88.7 cm³/mol. The number of carbonyl (C=O) groups is 3. The number of amides is 1. The quantitative estimate of drug-likeness (QED) is 0.635. The molecule has 0 aromatic heterocycles. The molecule has 5 atom stereocenters. The first-order valence-electron chi connectivity index (χ1n) is 8.66. The second-order valence-electron chi connectivity index (χ2n) is 7.30. The van der Waals surface area contributed by atoms with Crippen LogP contribution in [0, 0.1) is 23.2 Å². The number of benzene rings is 1. The van der Waals surface area contributed by atoms with Gasteiger partial charge < -0.3 is 19.5 Å². The van der Waals surface area contributed by atoms with Gasteiger partial charge in [0.15, 0.2) is 0 Å². The van der Waals surface area contributed by atoms with E-state index in [2.05, 4.69) is 5.32 Å². The molecule has 7 heteroatoms. The van der Waals surface area contributed by atoms with Crippen molar-refractivity contribution in [2.45, 2.75) is 25.0 Å². The van der Waals surface area contributed by atoms with Gasteiger partial charge in [-0.15, -0.1) is 0 Å². The van der Waals surface area contributed by atoms with E-state index in [9.17, 15) is 14.4 Å². The normalized spacial score (nSPS) is 35.5. The maximum atomic E-state index is 12.6. The van der Waals surface area contributed by atoms with Crippen molar-refractivity contribution in [1.29, 1.82) is 0 Å². The lowest BCUT2D eigenvalue weighted by molar-refractivity contribution is -0.151. The summed E-state index contributed by atoms with van der Waals surface area (Å²) >= 11 is 0. The van der Waals surface area contributed by atoms with Crippen molar-refractivity contribution in [2.24, 2.45) is 23.2 Å². The molecule has 4 saturated carbocycles. The summed E-state index contributed by atoms with van der Waals surface area (Å²) in [6.45, 7) is 0.102. The third kappa shape index (κ3) is 2.03. The van der Waals surface area contributed by atoms with Gasteiger partial charge >= 0.3 is 18.0 Å². The molecule has 0 aliphatic heterocycles. The largest absolute Gasteiger partial charge is 0.469 e. The van der Waals surface area contributed by atoms with Crippen molar-refractivity contribution in [2.75, 3.05) is 14.2 Å². The van der Waals surface area contributed by atoms with Crippen LogP contribution in [-0.2, 0) is 30.4 Å². The van der Waals surface area contributed by atoms with Gasteiger partial charge in [-0.25, -0.2) is 9.59 Å². The highest BCUT2D eigenvalue weighted by atomic mass is 16.6. The van der Waals surface area contributed by atoms with Gasteiger partial charge in [0, 0.05) is 5.92 Å². The van der Waals surface area contributed by atoms with E-state index >= 15 is 0 Å². The lowest BCUT2D eigenvalue weighted by atomic mass is 9.88. The molecule has 4 fully saturated rings. The van der Waals surface area contributed by atoms with Gasteiger partial charge in [-0.05, 0) is 30.2 Å². The SMILES string of the molecule is COC(=O)[C@]12C[C@@H]3C[C@H]1[C@H]2[C@@]3(NC(=O)OCc1ccccc1)C(=O)OC. The van der Waals surface area contributed by atoms with Crippen LogP contribution in [-0.4, -0.2) is 37.8 Å². The summed E-state index contributed by atoms with van der Waals surface area (Å²) in [6, 6.07) is 9.28. The average molecular weight is 359 g/mol. The fourth-order valence-electron chi connectivity index (χ4n) is 5.44. The van der Waals surface area contributed by atoms with Crippen molar-refractivity contribution in [1.82, 2.24) is 5.32 Å². The van der Waals surface area contributed by atoms with E-state index in [0.717, 1.165) is 5.56 Å². The van der Waals surface area contributed by atoms with Crippen molar-refractivity contribution >= 4 is 18.0 Å². The highest BCUT2D eigenvalue weighted by Gasteiger charge is 2.90. The lowest BCUT2D eigenvalue weighted by Gasteiger charge is -2.31. The fraction of sp³-hybridized carbons (Fsp3) is 0.526. The van der Waals surface area contributed by atoms with Crippen LogP contribution in [0.3, 0.4) is 0 Å². The number of rotatable bonds is 5. The van der Waals surface area contributed by atoms with Crippen LogP contribution in [0.2, 0.25) is 0 Å². The third-order valence-corrected chi connectivity index (χ3v) is 6.38. The zero-order valence-electron chi connectivity index (χ0n) is 14.7. The zero-order chi connectivity index (χ0) is 18.5. The number of methoxy groups -OCH3 is 2. The molecule has 0 unspecified atom stereocenters. The Morgan fingerprint density at radius 3 is 2.42 bits per heavy atom. The Hall–Kier alpha value is -2.57. The molecule has 4 aliphatic carbocycles. The van der Waals surface area contributed by atoms with Gasteiger partial charge in [-0.3, -0.25) is 4.79 Å². The van der Waals surface area contributed by atoms with Crippen LogP contribution in [0.15, 0.2) is 30.3 Å². The number of carbonyl (C=O) groups excluding carboxylic acids is 3. The molecule has 0 saturated heterocycles. The molecule has 5 rings (SSSR count). The molecular formula is C19H21NO6. The maximum absolute atomic E-state index is 12.6. The predicted octanol–water partition coefficient (Wildman–Crippen LogP) is 1.65. The van der Waals surface area contributed by atoms with Crippen LogP contribution in [0.5, 0.6) is 0 Å². The van der Waals surface area contributed by atoms with E-state index < -0.39 is 23.0 Å². The van der Waals surface area contributed by atoms with Crippen molar-refractivity contribution in [3.05, 3.63) is 35.9 Å². The van der Waals surface area contributed by atoms with E-state index in [0.29, 0.717) is 12.8 Å². The molecular weight excluding hydrogens is 338 g/mol. The molecule has 0 spiro atoms. The Kier molecular flexibility index (Phi) is 3.71. The molecule has 4 bridgehead atoms. The summed E-state index contributed by atoms with van der Waals surface area (Å²) in [5.41, 5.74) is -1.03. The first-order chi connectivity index (χ1) is 12.5. The van der Waals surface area contributed by atoms with Gasteiger partial charge in [0.05, 0.1) is 19.6 Å². The number of nitrogens with one attached hydrogen (secondary N) is 1. The first-order valence-corrected chi connectivity index (χ1v) is 8.66.